The van der Waals surface area contributed by atoms with E-state index in [-0.39, 0.29) is 18.1 Å². The van der Waals surface area contributed by atoms with Crippen LogP contribution in [0.25, 0.3) is 0 Å². The van der Waals surface area contributed by atoms with Crippen LogP contribution in [-0.4, -0.2) is 30.1 Å². The Morgan fingerprint density at radius 1 is 1.17 bits per heavy atom. The number of nitrogens with zero attached hydrogens (tertiary/aromatic N) is 1. The van der Waals surface area contributed by atoms with Crippen LogP contribution in [0.2, 0.25) is 0 Å². The van der Waals surface area contributed by atoms with Crippen molar-refractivity contribution in [2.75, 3.05) is 13.2 Å². The van der Waals surface area contributed by atoms with Crippen molar-refractivity contribution in [3.8, 4) is 0 Å². The van der Waals surface area contributed by atoms with Crippen molar-refractivity contribution in [2.24, 2.45) is 0 Å². The Balaban J connectivity index is 1.84. The Hall–Kier alpha value is -1.35. The lowest BCUT2D eigenvalue weighted by molar-refractivity contribution is -0.135. The first-order valence-electron chi connectivity index (χ1n) is 6.83. The fraction of sp³-hybridized carbons (Fsp3) is 0.533. The lowest BCUT2D eigenvalue weighted by Gasteiger charge is -2.30. The third-order valence-corrected chi connectivity index (χ3v) is 3.83. The second kappa shape index (κ2) is 5.11. The average molecular weight is 245 g/mol. The van der Waals surface area contributed by atoms with Crippen LogP contribution in [0, 0.1) is 0 Å². The number of epoxide rings is 1. The van der Waals surface area contributed by atoms with Crippen LogP contribution in [0.1, 0.15) is 37.3 Å². The molecule has 3 nitrogen and oxygen atoms in total. The Labute approximate surface area is 108 Å². The second-order valence-corrected chi connectivity index (χ2v) is 5.13. The number of hydrogen-bond donors (Lipinski definition) is 0. The second-order valence-electron chi connectivity index (χ2n) is 5.13. The maximum Gasteiger partial charge on any atom is 0.254 e. The summed E-state index contributed by atoms with van der Waals surface area (Å²) in [6.45, 7) is 1.48. The van der Waals surface area contributed by atoms with Gasteiger partial charge in [-0.3, -0.25) is 4.79 Å². The normalized spacial score (nSPS) is 27.7. The summed E-state index contributed by atoms with van der Waals surface area (Å²) in [4.78, 5) is 14.3. The molecule has 2 aliphatic rings. The molecular weight excluding hydrogens is 226 g/mol. The van der Waals surface area contributed by atoms with Gasteiger partial charge in [-0.25, -0.2) is 0 Å². The van der Waals surface area contributed by atoms with Gasteiger partial charge in [-0.2, -0.15) is 0 Å². The highest BCUT2D eigenvalue weighted by atomic mass is 16.6. The predicted molar refractivity (Wildman–Crippen MR) is 69.1 cm³/mol. The molecule has 1 aromatic rings. The van der Waals surface area contributed by atoms with Crippen LogP contribution in [0.15, 0.2) is 30.3 Å². The first-order chi connectivity index (χ1) is 8.86. The molecule has 0 aromatic heterocycles. The third kappa shape index (κ3) is 2.41. The molecule has 0 radical (unpaired) electrons. The van der Waals surface area contributed by atoms with E-state index in [0.717, 1.165) is 19.4 Å². The molecule has 0 bridgehead atoms. The lowest BCUT2D eigenvalue weighted by Crippen LogP contribution is -2.37. The highest BCUT2D eigenvalue weighted by Crippen LogP contribution is 2.31. The van der Waals surface area contributed by atoms with Crippen LogP contribution in [0.5, 0.6) is 0 Å². The van der Waals surface area contributed by atoms with Crippen LogP contribution in [-0.2, 0) is 9.53 Å². The SMILES string of the molecule is O=C(C1CO1)N1CCCCCC1c1ccccc1. The quantitative estimate of drug-likeness (QED) is 0.750. The van der Waals surface area contributed by atoms with E-state index in [1.807, 2.05) is 11.0 Å². The van der Waals surface area contributed by atoms with E-state index in [2.05, 4.69) is 24.3 Å². The van der Waals surface area contributed by atoms with Gasteiger partial charge in [0.25, 0.3) is 5.91 Å². The van der Waals surface area contributed by atoms with Crippen LogP contribution >= 0.6 is 0 Å². The highest BCUT2D eigenvalue weighted by Gasteiger charge is 2.38. The Kier molecular flexibility index (Phi) is 3.33. The fourth-order valence-electron chi connectivity index (χ4n) is 2.77. The third-order valence-electron chi connectivity index (χ3n) is 3.83. The summed E-state index contributed by atoms with van der Waals surface area (Å²) in [7, 11) is 0. The maximum absolute atomic E-state index is 12.3. The van der Waals surface area contributed by atoms with E-state index >= 15 is 0 Å². The fourth-order valence-corrected chi connectivity index (χ4v) is 2.77. The molecule has 2 saturated heterocycles. The smallest absolute Gasteiger partial charge is 0.254 e. The molecule has 18 heavy (non-hydrogen) atoms. The molecule has 3 rings (SSSR count). The van der Waals surface area contributed by atoms with Crippen molar-refractivity contribution in [1.29, 1.82) is 0 Å². The Morgan fingerprint density at radius 3 is 2.67 bits per heavy atom. The summed E-state index contributed by atoms with van der Waals surface area (Å²) in [5.41, 5.74) is 1.26. The number of likely N-dealkylation sites (tertiary alicyclic amines) is 1. The number of carbonyl (C=O) groups is 1. The van der Waals surface area contributed by atoms with Gasteiger partial charge in [-0.15, -0.1) is 0 Å². The van der Waals surface area contributed by atoms with E-state index < -0.39 is 0 Å². The molecule has 2 aliphatic heterocycles. The summed E-state index contributed by atoms with van der Waals surface area (Å²) >= 11 is 0. The number of rotatable bonds is 2. The molecule has 1 aromatic carbocycles. The van der Waals surface area contributed by atoms with Gasteiger partial charge in [0.1, 0.15) is 0 Å². The van der Waals surface area contributed by atoms with E-state index in [1.54, 1.807) is 0 Å². The van der Waals surface area contributed by atoms with Crippen LogP contribution < -0.4 is 0 Å². The number of carbonyl (C=O) groups excluding carboxylic acids is 1. The molecule has 0 N–H and O–H groups in total. The average Bonchev–Trinajstić information content (AvgIpc) is 3.25. The molecule has 3 heteroatoms. The molecule has 96 valence electrons. The highest BCUT2D eigenvalue weighted by molar-refractivity contribution is 5.83. The van der Waals surface area contributed by atoms with E-state index in [0.29, 0.717) is 6.61 Å². The number of benzene rings is 1. The van der Waals surface area contributed by atoms with Crippen molar-refractivity contribution >= 4 is 5.91 Å². The molecule has 0 saturated carbocycles. The molecule has 1 amide bonds. The summed E-state index contributed by atoms with van der Waals surface area (Å²) in [5, 5.41) is 0. The van der Waals surface area contributed by atoms with Gasteiger partial charge in [0, 0.05) is 6.54 Å². The largest absolute Gasteiger partial charge is 0.363 e. The molecular formula is C15H19NO2. The zero-order valence-electron chi connectivity index (χ0n) is 10.5. The van der Waals surface area contributed by atoms with Gasteiger partial charge in [0.15, 0.2) is 6.10 Å². The minimum atomic E-state index is -0.158. The topological polar surface area (TPSA) is 32.8 Å². The minimum absolute atomic E-state index is 0.158. The van der Waals surface area contributed by atoms with E-state index in [1.165, 1.54) is 18.4 Å². The molecule has 2 atom stereocenters. The van der Waals surface area contributed by atoms with E-state index in [4.69, 9.17) is 4.74 Å². The molecule has 0 spiro atoms. The first kappa shape index (κ1) is 11.7. The van der Waals surface area contributed by atoms with Crippen molar-refractivity contribution in [2.45, 2.75) is 37.8 Å². The minimum Gasteiger partial charge on any atom is -0.363 e. The number of hydrogen-bond acceptors (Lipinski definition) is 2. The van der Waals surface area contributed by atoms with Crippen molar-refractivity contribution in [3.63, 3.8) is 0 Å². The summed E-state index contributed by atoms with van der Waals surface area (Å²) in [5.74, 6) is 0.186. The first-order valence-corrected chi connectivity index (χ1v) is 6.83. The Morgan fingerprint density at radius 2 is 1.94 bits per heavy atom. The maximum atomic E-state index is 12.3. The van der Waals surface area contributed by atoms with Crippen LogP contribution in [0.4, 0.5) is 0 Å². The molecule has 2 fully saturated rings. The van der Waals surface area contributed by atoms with Crippen molar-refractivity contribution in [3.05, 3.63) is 35.9 Å². The van der Waals surface area contributed by atoms with Gasteiger partial charge < -0.3 is 9.64 Å². The molecule has 2 heterocycles. The van der Waals surface area contributed by atoms with Gasteiger partial charge in [0.2, 0.25) is 0 Å². The standard InChI is InChI=1S/C15H19NO2/c17-15(14-11-18-14)16-10-6-2-5-9-13(16)12-7-3-1-4-8-12/h1,3-4,7-8,13-14H,2,5-6,9-11H2. The molecule has 2 unspecified atom stereocenters. The zero-order valence-corrected chi connectivity index (χ0v) is 10.5. The van der Waals surface area contributed by atoms with Gasteiger partial charge >= 0.3 is 0 Å². The van der Waals surface area contributed by atoms with Crippen LogP contribution in [0.3, 0.4) is 0 Å². The van der Waals surface area contributed by atoms with Gasteiger partial charge in [-0.05, 0) is 18.4 Å². The van der Waals surface area contributed by atoms with Gasteiger partial charge in [-0.1, -0.05) is 43.2 Å². The molecule has 0 aliphatic carbocycles. The lowest BCUT2D eigenvalue weighted by atomic mass is 10.0. The summed E-state index contributed by atoms with van der Waals surface area (Å²) in [6.07, 6.45) is 4.45. The zero-order chi connectivity index (χ0) is 12.4. The number of amides is 1. The Bertz CT molecular complexity index is 414. The summed E-state index contributed by atoms with van der Waals surface area (Å²) < 4.78 is 5.16. The monoisotopic (exact) mass is 245 g/mol. The van der Waals surface area contributed by atoms with E-state index in [9.17, 15) is 4.79 Å². The van der Waals surface area contributed by atoms with Crippen molar-refractivity contribution < 1.29 is 9.53 Å². The predicted octanol–water partition coefficient (Wildman–Crippen LogP) is 2.53. The summed E-state index contributed by atoms with van der Waals surface area (Å²) in [6, 6.07) is 10.6. The number of ether oxygens (including phenoxy) is 1. The van der Waals surface area contributed by atoms with Crippen molar-refractivity contribution in [1.82, 2.24) is 4.90 Å². The van der Waals surface area contributed by atoms with Gasteiger partial charge in [0.05, 0.1) is 12.6 Å².